The molecule has 0 saturated carbocycles. The fourth-order valence-corrected chi connectivity index (χ4v) is 5.80. The molecule has 4 aromatic rings. The predicted octanol–water partition coefficient (Wildman–Crippen LogP) is 3.98. The fraction of sp³-hybridized carbons (Fsp3) is 0.206. The highest BCUT2D eigenvalue weighted by Gasteiger charge is 2.61. The minimum atomic E-state index is -1.15. The van der Waals surface area contributed by atoms with Crippen LogP contribution in [0.25, 0.3) is 0 Å². The smallest absolute Gasteiger partial charge is 0.322 e. The number of hydrogen-bond donors (Lipinski definition) is 3. The lowest BCUT2D eigenvalue weighted by atomic mass is 9.76. The van der Waals surface area contributed by atoms with Crippen LogP contribution in [0, 0.1) is 0 Å². The highest BCUT2D eigenvalue weighted by atomic mass is 16.4. The molecule has 0 radical (unpaired) electrons. The Morgan fingerprint density at radius 1 is 0.756 bits per heavy atom. The number of carbonyl (C=O) groups excluding carboxylic acids is 2. The quantitative estimate of drug-likeness (QED) is 0.195. The first-order chi connectivity index (χ1) is 19.9. The third-order valence-corrected chi connectivity index (χ3v) is 7.67. The van der Waals surface area contributed by atoms with Gasteiger partial charge in [-0.2, -0.15) is 0 Å². The first-order valence-electron chi connectivity index (χ1n) is 13.7. The average Bonchev–Trinajstić information content (AvgIpc) is 3.68. The van der Waals surface area contributed by atoms with E-state index in [-0.39, 0.29) is 18.4 Å². The van der Waals surface area contributed by atoms with Gasteiger partial charge in [0.15, 0.2) is 0 Å². The molecule has 1 aliphatic rings. The van der Waals surface area contributed by atoms with Crippen LogP contribution in [-0.4, -0.2) is 52.5 Å². The van der Waals surface area contributed by atoms with Gasteiger partial charge < -0.3 is 15.7 Å². The lowest BCUT2D eigenvalue weighted by Crippen LogP contribution is -2.51. The summed E-state index contributed by atoms with van der Waals surface area (Å²) in [4.78, 5) is 40.3. The second kappa shape index (κ2) is 12.2. The number of nitrogens with zero attached hydrogens (tertiary/aromatic N) is 1. The maximum atomic E-state index is 14.0. The molecule has 41 heavy (non-hydrogen) atoms. The third kappa shape index (κ3) is 5.76. The Morgan fingerprint density at radius 2 is 1.20 bits per heavy atom. The van der Waals surface area contributed by atoms with Gasteiger partial charge in [-0.05, 0) is 29.2 Å². The molecule has 0 spiro atoms. The van der Waals surface area contributed by atoms with Gasteiger partial charge in [0.1, 0.15) is 18.6 Å². The summed E-state index contributed by atoms with van der Waals surface area (Å²) in [7, 11) is 0. The standard InChI is InChI=1S/C34H33N3O4/c1-24-31(33(41)36-29(32(40)35-23-30(38)39)22-25-14-6-2-7-15-25)37(24)34(26-16-8-3-9-17-26,27-18-10-4-11-19-27)28-20-12-5-13-21-28/h2-21,24,29,31H,22-23H2,1H3,(H,35,40)(H,36,41)(H,38,39)/t24-,29-,31-,37?/m0/s1. The van der Waals surface area contributed by atoms with E-state index in [1.807, 2.05) is 91.9 Å². The van der Waals surface area contributed by atoms with Crippen LogP contribution in [-0.2, 0) is 26.3 Å². The summed E-state index contributed by atoms with van der Waals surface area (Å²) in [6.45, 7) is 1.50. The van der Waals surface area contributed by atoms with Crippen molar-refractivity contribution in [2.24, 2.45) is 0 Å². The second-order valence-corrected chi connectivity index (χ2v) is 10.3. The van der Waals surface area contributed by atoms with Crippen LogP contribution in [0.5, 0.6) is 0 Å². The molecule has 1 unspecified atom stereocenters. The maximum absolute atomic E-state index is 14.0. The number of benzene rings is 4. The number of rotatable bonds is 11. The summed E-state index contributed by atoms with van der Waals surface area (Å²) >= 11 is 0. The van der Waals surface area contributed by atoms with E-state index in [2.05, 4.69) is 51.9 Å². The number of hydrogen-bond acceptors (Lipinski definition) is 4. The van der Waals surface area contributed by atoms with Gasteiger partial charge in [-0.25, -0.2) is 0 Å². The van der Waals surface area contributed by atoms with E-state index < -0.39 is 36.0 Å². The van der Waals surface area contributed by atoms with Gasteiger partial charge in [-0.15, -0.1) is 0 Å². The molecule has 4 atom stereocenters. The molecule has 0 aliphatic carbocycles. The summed E-state index contributed by atoms with van der Waals surface area (Å²) in [6, 6.07) is 38.2. The van der Waals surface area contributed by atoms with Crippen molar-refractivity contribution < 1.29 is 19.5 Å². The molecule has 1 fully saturated rings. The SMILES string of the molecule is C[C@H]1[C@@H](C(=O)N[C@@H](Cc2ccccc2)C(=O)NCC(=O)O)N1C(c1ccccc1)(c1ccccc1)c1ccccc1. The van der Waals surface area contributed by atoms with E-state index in [4.69, 9.17) is 5.11 Å². The van der Waals surface area contributed by atoms with Crippen molar-refractivity contribution in [1.29, 1.82) is 0 Å². The molecule has 0 aromatic heterocycles. The van der Waals surface area contributed by atoms with Gasteiger partial charge in [-0.1, -0.05) is 121 Å². The summed E-state index contributed by atoms with van der Waals surface area (Å²) in [5.74, 6) is -1.97. The zero-order valence-corrected chi connectivity index (χ0v) is 22.8. The first kappa shape index (κ1) is 27.8. The molecular formula is C34H33N3O4. The van der Waals surface area contributed by atoms with Crippen molar-refractivity contribution >= 4 is 17.8 Å². The zero-order valence-electron chi connectivity index (χ0n) is 22.8. The van der Waals surface area contributed by atoms with Crippen molar-refractivity contribution in [1.82, 2.24) is 15.5 Å². The van der Waals surface area contributed by atoms with Gasteiger partial charge in [0.25, 0.3) is 0 Å². The van der Waals surface area contributed by atoms with Gasteiger partial charge in [0, 0.05) is 12.5 Å². The Morgan fingerprint density at radius 3 is 1.63 bits per heavy atom. The zero-order chi connectivity index (χ0) is 28.8. The Bertz CT molecular complexity index is 1380. The van der Waals surface area contributed by atoms with Gasteiger partial charge >= 0.3 is 5.97 Å². The Balaban J connectivity index is 1.51. The van der Waals surface area contributed by atoms with Crippen molar-refractivity contribution in [3.8, 4) is 0 Å². The second-order valence-electron chi connectivity index (χ2n) is 10.3. The van der Waals surface area contributed by atoms with Crippen LogP contribution in [0.15, 0.2) is 121 Å². The van der Waals surface area contributed by atoms with Crippen molar-refractivity contribution in [3.63, 3.8) is 0 Å². The maximum Gasteiger partial charge on any atom is 0.322 e. The highest BCUT2D eigenvalue weighted by Crippen LogP contribution is 2.51. The summed E-state index contributed by atoms with van der Waals surface area (Å²) in [6.07, 6.45) is 0.236. The number of carboxylic acid groups (broad SMARTS) is 1. The van der Waals surface area contributed by atoms with E-state index >= 15 is 0 Å². The molecule has 7 heteroatoms. The molecule has 208 valence electrons. The highest BCUT2D eigenvalue weighted by molar-refractivity contribution is 5.93. The largest absolute Gasteiger partial charge is 0.480 e. The van der Waals surface area contributed by atoms with Gasteiger partial charge in [0.2, 0.25) is 11.8 Å². The molecule has 4 aromatic carbocycles. The molecular weight excluding hydrogens is 514 g/mol. The van der Waals surface area contributed by atoms with Crippen LogP contribution in [0.3, 0.4) is 0 Å². The van der Waals surface area contributed by atoms with Gasteiger partial charge in [0.05, 0.1) is 5.54 Å². The van der Waals surface area contributed by atoms with E-state index in [1.54, 1.807) is 0 Å². The molecule has 5 rings (SSSR count). The van der Waals surface area contributed by atoms with E-state index in [0.29, 0.717) is 0 Å². The molecule has 2 amide bonds. The lowest BCUT2D eigenvalue weighted by Gasteiger charge is -2.38. The molecule has 7 nitrogen and oxygen atoms in total. The number of amides is 2. The number of carbonyl (C=O) groups is 3. The number of aliphatic carboxylic acids is 1. The summed E-state index contributed by atoms with van der Waals surface area (Å²) < 4.78 is 0. The minimum absolute atomic E-state index is 0.143. The van der Waals surface area contributed by atoms with E-state index in [9.17, 15) is 14.4 Å². The molecule has 1 heterocycles. The van der Waals surface area contributed by atoms with Crippen LogP contribution in [0.4, 0.5) is 0 Å². The van der Waals surface area contributed by atoms with Crippen molar-refractivity contribution in [3.05, 3.63) is 144 Å². The average molecular weight is 548 g/mol. The predicted molar refractivity (Wildman–Crippen MR) is 157 cm³/mol. The van der Waals surface area contributed by atoms with Crippen LogP contribution in [0.2, 0.25) is 0 Å². The van der Waals surface area contributed by atoms with Gasteiger partial charge in [-0.3, -0.25) is 19.3 Å². The van der Waals surface area contributed by atoms with Crippen molar-refractivity contribution in [2.45, 2.75) is 37.0 Å². The molecule has 0 bridgehead atoms. The topological polar surface area (TPSA) is 98.5 Å². The normalized spacial score (nSPS) is 18.6. The molecule has 3 N–H and O–H groups in total. The fourth-order valence-electron chi connectivity index (χ4n) is 5.80. The summed E-state index contributed by atoms with van der Waals surface area (Å²) in [5.41, 5.74) is 3.18. The third-order valence-electron chi connectivity index (χ3n) is 7.67. The summed E-state index contributed by atoms with van der Waals surface area (Å²) in [5, 5.41) is 14.5. The first-order valence-corrected chi connectivity index (χ1v) is 13.7. The van der Waals surface area contributed by atoms with Crippen LogP contribution >= 0.6 is 0 Å². The number of nitrogens with one attached hydrogen (secondary N) is 2. The lowest BCUT2D eigenvalue weighted by molar-refractivity contribution is -0.138. The van der Waals surface area contributed by atoms with Crippen molar-refractivity contribution in [2.75, 3.05) is 6.54 Å². The molecule has 1 saturated heterocycles. The monoisotopic (exact) mass is 547 g/mol. The van der Waals surface area contributed by atoms with Crippen LogP contribution < -0.4 is 10.6 Å². The molecule has 1 aliphatic heterocycles. The van der Waals surface area contributed by atoms with E-state index in [1.165, 1.54) is 0 Å². The minimum Gasteiger partial charge on any atom is -0.480 e. The Hall–Kier alpha value is -4.75. The van der Waals surface area contributed by atoms with E-state index in [0.717, 1.165) is 22.3 Å². The number of carboxylic acids is 1. The van der Waals surface area contributed by atoms with Crippen LogP contribution in [0.1, 0.15) is 29.2 Å². The Labute approximate surface area is 239 Å². The Kier molecular flexibility index (Phi) is 8.26.